The van der Waals surface area contributed by atoms with Gasteiger partial charge in [0.1, 0.15) is 6.61 Å². The van der Waals surface area contributed by atoms with Crippen molar-refractivity contribution in [1.29, 1.82) is 0 Å². The van der Waals surface area contributed by atoms with Crippen molar-refractivity contribution in [3.05, 3.63) is 5.82 Å². The third-order valence-corrected chi connectivity index (χ3v) is 4.53. The number of amides is 1. The Morgan fingerprint density at radius 3 is 3.10 bits per heavy atom. The van der Waals surface area contributed by atoms with Crippen LogP contribution in [0.3, 0.4) is 0 Å². The van der Waals surface area contributed by atoms with Crippen LogP contribution in [0.4, 0.5) is 5.13 Å². The number of hydrogen-bond acceptors (Lipinski definition) is 6. The largest absolute Gasteiger partial charge is 0.377 e. The van der Waals surface area contributed by atoms with Crippen LogP contribution in [-0.4, -0.2) is 41.5 Å². The number of rotatable bonds is 5. The second-order valence-corrected chi connectivity index (χ2v) is 6.22. The van der Waals surface area contributed by atoms with Crippen LogP contribution in [0.1, 0.15) is 31.5 Å². The van der Waals surface area contributed by atoms with E-state index in [0.29, 0.717) is 6.61 Å². The van der Waals surface area contributed by atoms with Gasteiger partial charge in [0.2, 0.25) is 11.0 Å². The fraction of sp³-hybridized carbons (Fsp3) is 0.769. The molecule has 1 unspecified atom stereocenters. The molecular weight excluding hydrogens is 276 g/mol. The highest BCUT2D eigenvalue weighted by Crippen LogP contribution is 2.29. The van der Waals surface area contributed by atoms with Crippen molar-refractivity contribution in [2.24, 2.45) is 5.92 Å². The number of carbonyl (C=O) groups excluding carboxylic acids is 1. The molecular formula is C13H20N4O2S. The molecule has 1 saturated carbocycles. The van der Waals surface area contributed by atoms with E-state index in [-0.39, 0.29) is 17.9 Å². The van der Waals surface area contributed by atoms with Gasteiger partial charge in [0.15, 0.2) is 5.82 Å². The second kappa shape index (κ2) is 6.05. The van der Waals surface area contributed by atoms with Crippen LogP contribution in [0.2, 0.25) is 0 Å². The molecule has 7 heteroatoms. The van der Waals surface area contributed by atoms with E-state index >= 15 is 0 Å². The van der Waals surface area contributed by atoms with Crippen LogP contribution >= 0.6 is 11.5 Å². The Labute approximate surface area is 122 Å². The van der Waals surface area contributed by atoms with Gasteiger partial charge in [-0.3, -0.25) is 4.79 Å². The third-order valence-electron chi connectivity index (χ3n) is 3.72. The lowest BCUT2D eigenvalue weighted by molar-refractivity contribution is -0.123. The Morgan fingerprint density at radius 1 is 1.50 bits per heavy atom. The first-order chi connectivity index (χ1) is 9.76. The summed E-state index contributed by atoms with van der Waals surface area (Å²) in [6, 6.07) is 0.242. The van der Waals surface area contributed by atoms with E-state index in [1.807, 2.05) is 0 Å². The summed E-state index contributed by atoms with van der Waals surface area (Å²) in [5, 5.41) is 4.10. The van der Waals surface area contributed by atoms with E-state index in [0.717, 1.165) is 49.7 Å². The van der Waals surface area contributed by atoms with Crippen molar-refractivity contribution in [2.45, 2.75) is 38.3 Å². The van der Waals surface area contributed by atoms with Gasteiger partial charge in [-0.2, -0.15) is 4.37 Å². The van der Waals surface area contributed by atoms with E-state index in [2.05, 4.69) is 19.6 Å². The summed E-state index contributed by atoms with van der Waals surface area (Å²) in [5.74, 6) is 1.24. The topological polar surface area (TPSA) is 67.3 Å². The monoisotopic (exact) mass is 296 g/mol. The molecule has 110 valence electrons. The minimum absolute atomic E-state index is 0.231. The lowest BCUT2D eigenvalue weighted by Gasteiger charge is -2.32. The van der Waals surface area contributed by atoms with Gasteiger partial charge in [-0.15, -0.1) is 0 Å². The summed E-state index contributed by atoms with van der Waals surface area (Å²) >= 11 is 1.41. The van der Waals surface area contributed by atoms with Crippen molar-refractivity contribution in [3.8, 4) is 0 Å². The minimum atomic E-state index is 0.231. The molecule has 6 nitrogen and oxygen atoms in total. The molecule has 1 atom stereocenters. The van der Waals surface area contributed by atoms with Gasteiger partial charge in [-0.1, -0.05) is 0 Å². The summed E-state index contributed by atoms with van der Waals surface area (Å²) in [6.07, 6.45) is 4.24. The Kier molecular flexibility index (Phi) is 4.16. The van der Waals surface area contributed by atoms with Crippen molar-refractivity contribution < 1.29 is 9.53 Å². The Balaban J connectivity index is 1.57. The molecule has 0 spiro atoms. The fourth-order valence-electron chi connectivity index (χ4n) is 2.49. The Bertz CT molecular complexity index is 475. The maximum Gasteiger partial charge on any atom is 0.223 e. The highest BCUT2D eigenvalue weighted by atomic mass is 32.1. The summed E-state index contributed by atoms with van der Waals surface area (Å²) in [7, 11) is 1.64. The molecule has 2 fully saturated rings. The standard InChI is InChI=1S/C13H20N4O2S/c1-19-8-11-15-13(20-16-11)17-6-2-3-10(7-17)14-12(18)9-4-5-9/h9-10H,2-8H2,1H3,(H,14,18). The lowest BCUT2D eigenvalue weighted by atomic mass is 10.1. The zero-order valence-electron chi connectivity index (χ0n) is 11.7. The zero-order chi connectivity index (χ0) is 13.9. The Hall–Kier alpha value is -1.21. The number of anilines is 1. The van der Waals surface area contributed by atoms with E-state index in [1.165, 1.54) is 11.5 Å². The first kappa shape index (κ1) is 13.8. The molecule has 1 aromatic heterocycles. The van der Waals surface area contributed by atoms with Crippen LogP contribution in [0, 0.1) is 5.92 Å². The molecule has 2 heterocycles. The quantitative estimate of drug-likeness (QED) is 0.884. The van der Waals surface area contributed by atoms with Crippen LogP contribution in [0.15, 0.2) is 0 Å². The van der Waals surface area contributed by atoms with Gasteiger partial charge in [-0.05, 0) is 25.7 Å². The average Bonchev–Trinajstić information content (AvgIpc) is 3.20. The van der Waals surface area contributed by atoms with E-state index in [4.69, 9.17) is 4.74 Å². The van der Waals surface area contributed by atoms with E-state index < -0.39 is 0 Å². The van der Waals surface area contributed by atoms with Gasteiger partial charge < -0.3 is 15.0 Å². The molecule has 0 bridgehead atoms. The van der Waals surface area contributed by atoms with Gasteiger partial charge in [0.25, 0.3) is 0 Å². The highest BCUT2D eigenvalue weighted by Gasteiger charge is 2.32. The van der Waals surface area contributed by atoms with Gasteiger partial charge in [-0.25, -0.2) is 4.98 Å². The number of ether oxygens (including phenoxy) is 1. The van der Waals surface area contributed by atoms with E-state index in [9.17, 15) is 4.79 Å². The maximum absolute atomic E-state index is 11.8. The molecule has 1 amide bonds. The number of nitrogens with zero attached hydrogens (tertiary/aromatic N) is 3. The predicted octanol–water partition coefficient (Wildman–Crippen LogP) is 1.18. The molecule has 2 aliphatic rings. The van der Waals surface area contributed by atoms with Gasteiger partial charge >= 0.3 is 0 Å². The summed E-state index contributed by atoms with van der Waals surface area (Å²) < 4.78 is 9.32. The highest BCUT2D eigenvalue weighted by molar-refractivity contribution is 7.09. The summed E-state index contributed by atoms with van der Waals surface area (Å²) in [4.78, 5) is 18.5. The average molecular weight is 296 g/mol. The van der Waals surface area contributed by atoms with Crippen molar-refractivity contribution in [2.75, 3.05) is 25.1 Å². The second-order valence-electron chi connectivity index (χ2n) is 5.49. The van der Waals surface area contributed by atoms with Crippen LogP contribution in [0.5, 0.6) is 0 Å². The summed E-state index contributed by atoms with van der Waals surface area (Å²) in [5.41, 5.74) is 0. The maximum atomic E-state index is 11.8. The molecule has 1 aromatic rings. The number of aromatic nitrogens is 2. The Morgan fingerprint density at radius 2 is 2.35 bits per heavy atom. The van der Waals surface area contributed by atoms with Crippen molar-refractivity contribution >= 4 is 22.6 Å². The molecule has 0 aromatic carbocycles. The first-order valence-electron chi connectivity index (χ1n) is 7.13. The number of piperidine rings is 1. The SMILES string of the molecule is COCc1nsc(N2CCCC(NC(=O)C3CC3)C2)n1. The smallest absolute Gasteiger partial charge is 0.223 e. The van der Waals surface area contributed by atoms with Crippen LogP contribution < -0.4 is 10.2 Å². The molecule has 1 aliphatic heterocycles. The molecule has 3 rings (SSSR count). The lowest BCUT2D eigenvalue weighted by Crippen LogP contribution is -2.48. The molecule has 1 N–H and O–H groups in total. The zero-order valence-corrected chi connectivity index (χ0v) is 12.5. The number of hydrogen-bond donors (Lipinski definition) is 1. The number of methoxy groups -OCH3 is 1. The van der Waals surface area contributed by atoms with Crippen LogP contribution in [-0.2, 0) is 16.1 Å². The number of nitrogens with one attached hydrogen (secondary N) is 1. The molecule has 1 saturated heterocycles. The van der Waals surface area contributed by atoms with Gasteiger partial charge in [0, 0.05) is 43.7 Å². The molecule has 0 radical (unpaired) electrons. The first-order valence-corrected chi connectivity index (χ1v) is 7.90. The molecule has 20 heavy (non-hydrogen) atoms. The summed E-state index contributed by atoms with van der Waals surface area (Å²) in [6.45, 7) is 2.27. The van der Waals surface area contributed by atoms with Crippen molar-refractivity contribution in [1.82, 2.24) is 14.7 Å². The third kappa shape index (κ3) is 3.27. The molecule has 1 aliphatic carbocycles. The van der Waals surface area contributed by atoms with Gasteiger partial charge in [0.05, 0.1) is 0 Å². The van der Waals surface area contributed by atoms with Crippen molar-refractivity contribution in [3.63, 3.8) is 0 Å². The minimum Gasteiger partial charge on any atom is -0.377 e. The van der Waals surface area contributed by atoms with E-state index in [1.54, 1.807) is 7.11 Å². The predicted molar refractivity (Wildman–Crippen MR) is 76.7 cm³/mol. The van der Waals surface area contributed by atoms with Crippen LogP contribution in [0.25, 0.3) is 0 Å². The fourth-order valence-corrected chi connectivity index (χ4v) is 3.20. The number of carbonyl (C=O) groups is 1. The normalized spacial score (nSPS) is 22.9.